The highest BCUT2D eigenvalue weighted by Gasteiger charge is 2.37. The Morgan fingerprint density at radius 2 is 1.92 bits per heavy atom. The van der Waals surface area contributed by atoms with Crippen LogP contribution in [-0.2, 0) is 12.6 Å². The Labute approximate surface area is 139 Å². The molecule has 3 aromatic rings. The number of aryl methyl sites for hydroxylation is 2. The van der Waals surface area contributed by atoms with E-state index in [1.807, 2.05) is 20.0 Å². The number of anilines is 1. The van der Waals surface area contributed by atoms with Crippen molar-refractivity contribution in [2.75, 3.05) is 18.0 Å². The van der Waals surface area contributed by atoms with Gasteiger partial charge in [0.05, 0.1) is 5.69 Å². The molecule has 126 valence electrons. The zero-order valence-corrected chi connectivity index (χ0v) is 14.1. The lowest BCUT2D eigenvalue weighted by Gasteiger charge is -2.39. The van der Waals surface area contributed by atoms with E-state index < -0.39 is 5.60 Å². The topological polar surface area (TPSA) is 84.4 Å². The van der Waals surface area contributed by atoms with Crippen molar-refractivity contribution in [1.82, 2.24) is 29.4 Å². The SMILES string of the molecule is Cc1nc2ncnn2c(N2CCC(O)(c3ccnn3C)CC2)c1C. The zero-order valence-electron chi connectivity index (χ0n) is 14.1. The molecule has 8 nitrogen and oxygen atoms in total. The van der Waals surface area contributed by atoms with Crippen molar-refractivity contribution in [3.05, 3.63) is 35.5 Å². The van der Waals surface area contributed by atoms with Crippen LogP contribution in [0.3, 0.4) is 0 Å². The van der Waals surface area contributed by atoms with E-state index in [1.54, 1.807) is 15.4 Å². The van der Waals surface area contributed by atoms with Gasteiger partial charge in [-0.15, -0.1) is 0 Å². The summed E-state index contributed by atoms with van der Waals surface area (Å²) in [6, 6.07) is 1.90. The van der Waals surface area contributed by atoms with Crippen molar-refractivity contribution in [3.63, 3.8) is 0 Å². The second-order valence-corrected chi connectivity index (χ2v) is 6.48. The van der Waals surface area contributed by atoms with Gasteiger partial charge in [-0.25, -0.2) is 4.98 Å². The van der Waals surface area contributed by atoms with E-state index in [-0.39, 0.29) is 0 Å². The van der Waals surface area contributed by atoms with Crippen molar-refractivity contribution in [2.45, 2.75) is 32.3 Å². The first-order valence-electron chi connectivity index (χ1n) is 8.12. The molecule has 1 saturated heterocycles. The highest BCUT2D eigenvalue weighted by atomic mass is 16.3. The predicted molar refractivity (Wildman–Crippen MR) is 88.8 cm³/mol. The number of hydrogen-bond acceptors (Lipinski definition) is 6. The van der Waals surface area contributed by atoms with Crippen molar-refractivity contribution in [3.8, 4) is 0 Å². The van der Waals surface area contributed by atoms with Crippen LogP contribution >= 0.6 is 0 Å². The molecular formula is C16H21N7O. The fourth-order valence-corrected chi connectivity index (χ4v) is 3.56. The normalized spacial score (nSPS) is 17.6. The molecule has 1 aliphatic heterocycles. The molecule has 24 heavy (non-hydrogen) atoms. The highest BCUT2D eigenvalue weighted by Crippen LogP contribution is 2.35. The van der Waals surface area contributed by atoms with Gasteiger partial charge in [-0.2, -0.15) is 19.7 Å². The number of nitrogens with zero attached hydrogens (tertiary/aromatic N) is 7. The van der Waals surface area contributed by atoms with Crippen LogP contribution in [0.2, 0.25) is 0 Å². The molecule has 0 radical (unpaired) electrons. The van der Waals surface area contributed by atoms with Gasteiger partial charge >= 0.3 is 0 Å². The summed E-state index contributed by atoms with van der Waals surface area (Å²) in [6.07, 6.45) is 4.54. The van der Waals surface area contributed by atoms with Crippen LogP contribution in [0, 0.1) is 13.8 Å². The molecule has 0 aliphatic carbocycles. The quantitative estimate of drug-likeness (QED) is 0.755. The largest absolute Gasteiger partial charge is 0.383 e. The van der Waals surface area contributed by atoms with Crippen LogP contribution in [0.5, 0.6) is 0 Å². The van der Waals surface area contributed by atoms with Gasteiger partial charge in [-0.05, 0) is 32.8 Å². The van der Waals surface area contributed by atoms with Gasteiger partial charge < -0.3 is 10.0 Å². The van der Waals surface area contributed by atoms with Crippen molar-refractivity contribution in [1.29, 1.82) is 0 Å². The third-order valence-electron chi connectivity index (χ3n) is 5.06. The van der Waals surface area contributed by atoms with E-state index in [1.165, 1.54) is 6.33 Å². The zero-order chi connectivity index (χ0) is 16.9. The molecule has 1 N–H and O–H groups in total. The minimum Gasteiger partial charge on any atom is -0.383 e. The lowest BCUT2D eigenvalue weighted by molar-refractivity contribution is 0.00395. The summed E-state index contributed by atoms with van der Waals surface area (Å²) < 4.78 is 3.55. The minimum absolute atomic E-state index is 0.612. The Morgan fingerprint density at radius 3 is 2.58 bits per heavy atom. The minimum atomic E-state index is -0.834. The molecule has 0 saturated carbocycles. The summed E-state index contributed by atoms with van der Waals surface area (Å²) in [5.41, 5.74) is 2.09. The molecule has 0 bridgehead atoms. The first kappa shape index (κ1) is 15.1. The summed E-state index contributed by atoms with van der Waals surface area (Å²) in [4.78, 5) is 10.9. The fourth-order valence-electron chi connectivity index (χ4n) is 3.56. The van der Waals surface area contributed by atoms with Gasteiger partial charge in [0, 0.05) is 37.6 Å². The molecule has 0 amide bonds. The number of fused-ring (bicyclic) bond motifs is 1. The summed E-state index contributed by atoms with van der Waals surface area (Å²) in [6.45, 7) is 5.52. The lowest BCUT2D eigenvalue weighted by atomic mass is 9.88. The molecule has 8 heteroatoms. The first-order valence-corrected chi connectivity index (χ1v) is 8.12. The molecule has 1 aliphatic rings. The van der Waals surface area contributed by atoms with Crippen LogP contribution in [0.15, 0.2) is 18.6 Å². The van der Waals surface area contributed by atoms with E-state index in [2.05, 4.69) is 32.0 Å². The smallest absolute Gasteiger partial charge is 0.254 e. The number of aromatic nitrogens is 6. The van der Waals surface area contributed by atoms with Crippen molar-refractivity contribution in [2.24, 2.45) is 7.05 Å². The Hall–Kier alpha value is -2.48. The molecule has 0 atom stereocenters. The van der Waals surface area contributed by atoms with Gasteiger partial charge in [0.15, 0.2) is 0 Å². The average Bonchev–Trinajstić information content (AvgIpc) is 3.19. The molecule has 4 rings (SSSR count). The second-order valence-electron chi connectivity index (χ2n) is 6.48. The van der Waals surface area contributed by atoms with Crippen LogP contribution in [-0.4, -0.2) is 47.6 Å². The third kappa shape index (κ3) is 2.17. The highest BCUT2D eigenvalue weighted by molar-refractivity contribution is 5.54. The van der Waals surface area contributed by atoms with E-state index in [0.717, 1.165) is 35.9 Å². The molecule has 3 aromatic heterocycles. The standard InChI is InChI=1S/C16H21N7O/c1-11-12(2)20-15-17-10-19-23(15)14(11)22-8-5-16(24,6-9-22)13-4-7-18-21(13)3/h4,7,10,24H,5-6,8-9H2,1-3H3. The molecular weight excluding hydrogens is 306 g/mol. The van der Waals surface area contributed by atoms with Gasteiger partial charge in [0.2, 0.25) is 0 Å². The number of rotatable bonds is 2. The Balaban J connectivity index is 1.66. The lowest BCUT2D eigenvalue weighted by Crippen LogP contribution is -2.44. The van der Waals surface area contributed by atoms with Gasteiger partial charge in [-0.3, -0.25) is 4.68 Å². The Bertz CT molecular complexity index is 889. The monoisotopic (exact) mass is 327 g/mol. The fraction of sp³-hybridized carbons (Fsp3) is 0.500. The first-order chi connectivity index (χ1) is 11.5. The van der Waals surface area contributed by atoms with Crippen LogP contribution < -0.4 is 4.90 Å². The molecule has 0 unspecified atom stereocenters. The van der Waals surface area contributed by atoms with E-state index in [4.69, 9.17) is 0 Å². The van der Waals surface area contributed by atoms with Crippen molar-refractivity contribution >= 4 is 11.6 Å². The average molecular weight is 327 g/mol. The van der Waals surface area contributed by atoms with Gasteiger partial charge in [0.25, 0.3) is 5.78 Å². The summed E-state index contributed by atoms with van der Waals surface area (Å²) in [7, 11) is 1.87. The van der Waals surface area contributed by atoms with Crippen LogP contribution in [0.25, 0.3) is 5.78 Å². The second kappa shape index (κ2) is 5.27. The molecule has 4 heterocycles. The van der Waals surface area contributed by atoms with Crippen molar-refractivity contribution < 1.29 is 5.11 Å². The summed E-state index contributed by atoms with van der Waals surface area (Å²) >= 11 is 0. The summed E-state index contributed by atoms with van der Waals surface area (Å²) in [5, 5.41) is 19.5. The maximum absolute atomic E-state index is 11.0. The molecule has 0 spiro atoms. The number of hydrogen-bond donors (Lipinski definition) is 1. The maximum Gasteiger partial charge on any atom is 0.254 e. The molecule has 1 fully saturated rings. The number of aliphatic hydroxyl groups is 1. The number of piperidine rings is 1. The van der Waals surface area contributed by atoms with E-state index in [9.17, 15) is 5.11 Å². The van der Waals surface area contributed by atoms with Crippen LogP contribution in [0.4, 0.5) is 5.82 Å². The van der Waals surface area contributed by atoms with Gasteiger partial charge in [0.1, 0.15) is 17.7 Å². The Morgan fingerprint density at radius 1 is 1.17 bits per heavy atom. The Kier molecular flexibility index (Phi) is 3.31. The summed E-state index contributed by atoms with van der Waals surface area (Å²) in [5.74, 6) is 1.63. The third-order valence-corrected chi connectivity index (χ3v) is 5.06. The van der Waals surface area contributed by atoms with Gasteiger partial charge in [-0.1, -0.05) is 0 Å². The van der Waals surface area contributed by atoms with E-state index >= 15 is 0 Å². The van der Waals surface area contributed by atoms with E-state index in [0.29, 0.717) is 18.6 Å². The maximum atomic E-state index is 11.0. The molecule has 0 aromatic carbocycles. The predicted octanol–water partition coefficient (Wildman–Crippen LogP) is 0.963. The van der Waals surface area contributed by atoms with Crippen LogP contribution in [0.1, 0.15) is 29.8 Å².